The number of carbonyl (C=O) groups is 1. The Balaban J connectivity index is 1.87. The van der Waals surface area contributed by atoms with E-state index in [4.69, 9.17) is 0 Å². The van der Waals surface area contributed by atoms with Crippen molar-refractivity contribution < 1.29 is 15.0 Å². The predicted molar refractivity (Wildman–Crippen MR) is 104 cm³/mol. The summed E-state index contributed by atoms with van der Waals surface area (Å²) in [4.78, 5) is 27.7. The van der Waals surface area contributed by atoms with Crippen molar-refractivity contribution in [3.63, 3.8) is 0 Å². The molecule has 9 heteroatoms. The Bertz CT molecular complexity index is 983. The molecule has 1 amide bonds. The molecule has 0 aromatic carbocycles. The normalized spacial score (nSPS) is 20.1. The molecule has 2 aromatic heterocycles. The van der Waals surface area contributed by atoms with Gasteiger partial charge in [-0.15, -0.1) is 5.10 Å². The zero-order valence-electron chi connectivity index (χ0n) is 16.5. The van der Waals surface area contributed by atoms with Crippen molar-refractivity contribution in [3.8, 4) is 5.88 Å². The highest BCUT2D eigenvalue weighted by molar-refractivity contribution is 5.96. The quantitative estimate of drug-likeness (QED) is 0.710. The molecule has 1 unspecified atom stereocenters. The number of aliphatic hydroxyl groups is 1. The number of fused-ring (bicyclic) bond motifs is 1. The fourth-order valence-electron chi connectivity index (χ4n) is 3.56. The van der Waals surface area contributed by atoms with Gasteiger partial charge in [0.25, 0.3) is 11.5 Å². The van der Waals surface area contributed by atoms with Crippen LogP contribution in [0.25, 0.3) is 5.65 Å². The predicted octanol–water partition coefficient (Wildman–Crippen LogP) is 0.711. The lowest BCUT2D eigenvalue weighted by Crippen LogP contribution is -2.37. The van der Waals surface area contributed by atoms with Gasteiger partial charge >= 0.3 is 0 Å². The maximum atomic E-state index is 13.2. The number of carbonyl (C=O) groups excluding carboxylic acids is 1. The van der Waals surface area contributed by atoms with Crippen LogP contribution in [0.15, 0.2) is 10.9 Å². The van der Waals surface area contributed by atoms with Gasteiger partial charge in [0, 0.05) is 31.7 Å². The van der Waals surface area contributed by atoms with Gasteiger partial charge < -0.3 is 20.4 Å². The second kappa shape index (κ2) is 6.51. The smallest absolute Gasteiger partial charge is 0.270 e. The molecule has 3 heterocycles. The molecule has 1 atom stereocenters. The van der Waals surface area contributed by atoms with Gasteiger partial charge in [-0.05, 0) is 24.7 Å². The molecule has 4 rings (SSSR count). The number of hydrogen-bond donors (Lipinski definition) is 3. The van der Waals surface area contributed by atoms with E-state index < -0.39 is 23.5 Å². The molecule has 2 fully saturated rings. The Hall–Kier alpha value is -2.55. The first-order chi connectivity index (χ1) is 13.1. The number of aliphatic hydroxyl groups excluding tert-OH is 1. The summed E-state index contributed by atoms with van der Waals surface area (Å²) in [5, 5.41) is 27.8. The van der Waals surface area contributed by atoms with E-state index in [1.807, 2.05) is 25.7 Å². The minimum Gasteiger partial charge on any atom is -0.492 e. The van der Waals surface area contributed by atoms with Crippen LogP contribution < -0.4 is 15.8 Å². The summed E-state index contributed by atoms with van der Waals surface area (Å²) in [7, 11) is 0. The highest BCUT2D eigenvalue weighted by Gasteiger charge is 2.31. The van der Waals surface area contributed by atoms with Crippen molar-refractivity contribution in [1.29, 1.82) is 0 Å². The third-order valence-corrected chi connectivity index (χ3v) is 5.10. The lowest BCUT2D eigenvalue weighted by atomic mass is 9.97. The molecular formula is C19H27N5O4. The summed E-state index contributed by atoms with van der Waals surface area (Å²) in [6.45, 7) is 7.46. The van der Waals surface area contributed by atoms with Crippen molar-refractivity contribution in [1.82, 2.24) is 19.5 Å². The van der Waals surface area contributed by atoms with Crippen LogP contribution >= 0.6 is 0 Å². The standard InChI is InChI=1S/C19H27N5O4/c1-19(2,3)10-23-14-8-13(22-7-6-12(25)9-22)21-24(14)18(28)15(17(23)27)16(26)20-11-4-5-11/h8,11-12,25,28H,4-7,9-10H2,1-3H3,(H,20,26). The third-order valence-electron chi connectivity index (χ3n) is 5.10. The van der Waals surface area contributed by atoms with Crippen LogP contribution in [0, 0.1) is 5.41 Å². The molecule has 1 saturated carbocycles. The molecular weight excluding hydrogens is 362 g/mol. The number of aromatic nitrogens is 3. The van der Waals surface area contributed by atoms with Gasteiger partial charge in [-0.2, -0.15) is 4.52 Å². The summed E-state index contributed by atoms with van der Waals surface area (Å²) in [6.07, 6.45) is 1.99. The van der Waals surface area contributed by atoms with E-state index in [0.717, 1.165) is 12.8 Å². The minimum absolute atomic E-state index is 0.0670. The number of nitrogens with zero attached hydrogens (tertiary/aromatic N) is 4. The Morgan fingerprint density at radius 2 is 2.04 bits per heavy atom. The van der Waals surface area contributed by atoms with Crippen LogP contribution in [0.1, 0.15) is 50.4 Å². The van der Waals surface area contributed by atoms with Crippen molar-refractivity contribution in [2.75, 3.05) is 18.0 Å². The summed E-state index contributed by atoms with van der Waals surface area (Å²) in [5.41, 5.74) is -0.595. The maximum Gasteiger partial charge on any atom is 0.270 e. The fourth-order valence-corrected chi connectivity index (χ4v) is 3.56. The van der Waals surface area contributed by atoms with E-state index in [1.165, 1.54) is 9.08 Å². The van der Waals surface area contributed by atoms with Gasteiger partial charge in [0.05, 0.1) is 6.10 Å². The molecule has 1 aliphatic carbocycles. The van der Waals surface area contributed by atoms with Crippen molar-refractivity contribution >= 4 is 17.4 Å². The number of aromatic hydroxyl groups is 1. The van der Waals surface area contributed by atoms with Crippen LogP contribution in [0.4, 0.5) is 5.82 Å². The first-order valence-corrected chi connectivity index (χ1v) is 9.73. The van der Waals surface area contributed by atoms with Crippen LogP contribution in [-0.4, -0.2) is 55.5 Å². The van der Waals surface area contributed by atoms with E-state index in [-0.39, 0.29) is 17.0 Å². The maximum absolute atomic E-state index is 13.2. The highest BCUT2D eigenvalue weighted by atomic mass is 16.3. The lowest BCUT2D eigenvalue weighted by molar-refractivity contribution is 0.0944. The number of amides is 1. The molecule has 0 bridgehead atoms. The Kier molecular flexibility index (Phi) is 4.37. The molecule has 0 spiro atoms. The second-order valence-corrected chi connectivity index (χ2v) is 9.06. The summed E-state index contributed by atoms with van der Waals surface area (Å²) in [5.74, 6) is -0.453. The van der Waals surface area contributed by atoms with Crippen LogP contribution in [-0.2, 0) is 6.54 Å². The van der Waals surface area contributed by atoms with E-state index >= 15 is 0 Å². The van der Waals surface area contributed by atoms with Crippen molar-refractivity contribution in [2.45, 2.75) is 58.7 Å². The zero-order valence-corrected chi connectivity index (χ0v) is 16.5. The first-order valence-electron chi connectivity index (χ1n) is 9.73. The Morgan fingerprint density at radius 1 is 1.32 bits per heavy atom. The Morgan fingerprint density at radius 3 is 2.61 bits per heavy atom. The van der Waals surface area contributed by atoms with Gasteiger partial charge in [-0.25, -0.2) is 0 Å². The monoisotopic (exact) mass is 389 g/mol. The van der Waals surface area contributed by atoms with Gasteiger partial charge in [0.2, 0.25) is 5.88 Å². The molecule has 1 aliphatic heterocycles. The molecule has 9 nitrogen and oxygen atoms in total. The third kappa shape index (κ3) is 3.46. The average molecular weight is 389 g/mol. The fraction of sp³-hybridized carbons (Fsp3) is 0.632. The molecule has 3 N–H and O–H groups in total. The first kappa shape index (κ1) is 18.8. The number of β-amino-alcohol motifs (C(OH)–C–C–N with tert-alkyl or cyclic N) is 1. The molecule has 152 valence electrons. The second-order valence-electron chi connectivity index (χ2n) is 9.06. The van der Waals surface area contributed by atoms with Gasteiger partial charge in [-0.3, -0.25) is 14.2 Å². The number of rotatable bonds is 4. The van der Waals surface area contributed by atoms with E-state index in [9.17, 15) is 19.8 Å². The molecule has 2 aromatic rings. The van der Waals surface area contributed by atoms with E-state index in [0.29, 0.717) is 37.5 Å². The number of nitrogens with one attached hydrogen (secondary N) is 1. The lowest BCUT2D eigenvalue weighted by Gasteiger charge is -2.21. The van der Waals surface area contributed by atoms with Gasteiger partial charge in [-0.1, -0.05) is 20.8 Å². The summed E-state index contributed by atoms with van der Waals surface area (Å²) < 4.78 is 2.76. The molecule has 0 radical (unpaired) electrons. The van der Waals surface area contributed by atoms with Gasteiger partial charge in [0.15, 0.2) is 11.4 Å². The zero-order chi connectivity index (χ0) is 20.2. The average Bonchev–Trinajstić information content (AvgIpc) is 3.12. The van der Waals surface area contributed by atoms with Crippen LogP contribution in [0.2, 0.25) is 0 Å². The van der Waals surface area contributed by atoms with Crippen LogP contribution in [0.5, 0.6) is 5.88 Å². The summed E-state index contributed by atoms with van der Waals surface area (Å²) in [6, 6.07) is 1.80. The van der Waals surface area contributed by atoms with Crippen molar-refractivity contribution in [2.24, 2.45) is 5.41 Å². The number of hydrogen-bond acceptors (Lipinski definition) is 6. The van der Waals surface area contributed by atoms with Gasteiger partial charge in [0.1, 0.15) is 5.65 Å². The molecule has 28 heavy (non-hydrogen) atoms. The van der Waals surface area contributed by atoms with Crippen molar-refractivity contribution in [3.05, 3.63) is 22.0 Å². The summed E-state index contributed by atoms with van der Waals surface area (Å²) >= 11 is 0. The SMILES string of the molecule is CC(C)(C)Cn1c(=O)c(C(=O)NC2CC2)c(O)n2nc(N3CCC(O)C3)cc12. The Labute approximate surface area is 162 Å². The van der Waals surface area contributed by atoms with Crippen LogP contribution in [0.3, 0.4) is 0 Å². The molecule has 1 saturated heterocycles. The van der Waals surface area contributed by atoms with E-state index in [2.05, 4.69) is 10.4 Å². The largest absolute Gasteiger partial charge is 0.492 e. The van der Waals surface area contributed by atoms with E-state index in [1.54, 1.807) is 6.07 Å². The molecule has 2 aliphatic rings. The topological polar surface area (TPSA) is 112 Å². The highest BCUT2D eigenvalue weighted by Crippen LogP contribution is 2.27. The minimum atomic E-state index is -0.566. The number of anilines is 1.